The van der Waals surface area contributed by atoms with Gasteiger partial charge >= 0.3 is 0 Å². The summed E-state index contributed by atoms with van der Waals surface area (Å²) in [5.41, 5.74) is 6.24. The lowest BCUT2D eigenvalue weighted by atomic mass is 9.68. The van der Waals surface area contributed by atoms with Gasteiger partial charge in [-0.2, -0.15) is 0 Å². The molecule has 0 aromatic heterocycles. The molecular weight excluding hydrogens is 376 g/mol. The summed E-state index contributed by atoms with van der Waals surface area (Å²) in [4.78, 5) is 15.4. The number of ketones is 1. The van der Waals surface area contributed by atoms with Crippen LogP contribution in [0.1, 0.15) is 43.7 Å². The van der Waals surface area contributed by atoms with Gasteiger partial charge in [0.15, 0.2) is 17.3 Å². The van der Waals surface area contributed by atoms with Gasteiger partial charge in [0, 0.05) is 55.1 Å². The quantitative estimate of drug-likeness (QED) is 0.785. The number of hydrogen-bond acceptors (Lipinski definition) is 5. The zero-order chi connectivity index (χ0) is 21.0. The average Bonchev–Trinajstić information content (AvgIpc) is 2.70. The van der Waals surface area contributed by atoms with Crippen molar-refractivity contribution in [1.82, 2.24) is 0 Å². The summed E-state index contributed by atoms with van der Waals surface area (Å²) in [5, 5.41) is 3.58. The van der Waals surface area contributed by atoms with Crippen molar-refractivity contribution >= 4 is 17.2 Å². The van der Waals surface area contributed by atoms with Crippen LogP contribution < -0.4 is 19.7 Å². The van der Waals surface area contributed by atoms with Gasteiger partial charge in [-0.1, -0.05) is 26.0 Å². The van der Waals surface area contributed by atoms with Gasteiger partial charge < -0.3 is 19.7 Å². The third-order valence-corrected chi connectivity index (χ3v) is 6.26. The Balaban J connectivity index is 1.68. The van der Waals surface area contributed by atoms with Gasteiger partial charge in [-0.25, -0.2) is 0 Å². The first kappa shape index (κ1) is 19.0. The highest BCUT2D eigenvalue weighted by molar-refractivity contribution is 6.01. The highest BCUT2D eigenvalue weighted by Crippen LogP contribution is 2.51. The van der Waals surface area contributed by atoms with E-state index in [9.17, 15) is 4.79 Å². The van der Waals surface area contributed by atoms with E-state index in [1.165, 1.54) is 0 Å². The maximum absolute atomic E-state index is 13.3. The molecule has 0 spiro atoms. The molecule has 2 heterocycles. The lowest BCUT2D eigenvalue weighted by molar-refractivity contribution is -0.118. The second-order valence-corrected chi connectivity index (χ2v) is 9.46. The van der Waals surface area contributed by atoms with Crippen LogP contribution in [0.3, 0.4) is 0 Å². The molecule has 0 saturated heterocycles. The number of Topliss-reactive ketones (excluding diaryl/α,β-unsaturated/α-hetero) is 1. The molecule has 5 rings (SSSR count). The number of nitrogens with zero attached hydrogens (tertiary/aromatic N) is 1. The van der Waals surface area contributed by atoms with Crippen LogP contribution in [0.5, 0.6) is 11.5 Å². The predicted molar refractivity (Wildman–Crippen MR) is 119 cm³/mol. The number of ether oxygens (including phenoxy) is 2. The molecule has 0 amide bonds. The highest BCUT2D eigenvalue weighted by atomic mass is 16.6. The molecule has 3 aliphatic rings. The fraction of sp³-hybridized carbons (Fsp3) is 0.400. The Morgan fingerprint density at radius 2 is 1.67 bits per heavy atom. The maximum atomic E-state index is 13.3. The smallest absolute Gasteiger partial charge is 0.163 e. The topological polar surface area (TPSA) is 50.8 Å². The predicted octanol–water partition coefficient (Wildman–Crippen LogP) is 4.72. The Kier molecular flexibility index (Phi) is 4.31. The molecule has 1 atom stereocenters. The highest BCUT2D eigenvalue weighted by Gasteiger charge is 2.41. The number of carbonyl (C=O) groups excluding carboxylic acids is 1. The molecule has 5 nitrogen and oxygen atoms in total. The van der Waals surface area contributed by atoms with Gasteiger partial charge in [-0.15, -0.1) is 0 Å². The SMILES string of the molecule is CN(C)c1ccc([C@H]2C3=C(CC(C)(C)CC3=O)Nc3cc4c(cc32)OCCO4)cc1. The van der Waals surface area contributed by atoms with Crippen LogP contribution in [-0.4, -0.2) is 33.1 Å². The van der Waals surface area contributed by atoms with E-state index in [4.69, 9.17) is 9.47 Å². The lowest BCUT2D eigenvalue weighted by Crippen LogP contribution is -2.34. The van der Waals surface area contributed by atoms with Crippen molar-refractivity contribution in [2.75, 3.05) is 37.5 Å². The molecule has 156 valence electrons. The number of allylic oxidation sites excluding steroid dienone is 2. The first-order valence-electron chi connectivity index (χ1n) is 10.6. The summed E-state index contributed by atoms with van der Waals surface area (Å²) < 4.78 is 11.7. The minimum absolute atomic E-state index is 0.0480. The third kappa shape index (κ3) is 3.13. The zero-order valence-electron chi connectivity index (χ0n) is 18.0. The number of nitrogens with one attached hydrogen (secondary N) is 1. The van der Waals surface area contributed by atoms with E-state index >= 15 is 0 Å². The van der Waals surface area contributed by atoms with E-state index in [0.29, 0.717) is 19.6 Å². The molecule has 5 heteroatoms. The van der Waals surface area contributed by atoms with Gasteiger partial charge in [0.2, 0.25) is 0 Å². The number of hydrogen-bond donors (Lipinski definition) is 1. The summed E-state index contributed by atoms with van der Waals surface area (Å²) in [6.07, 6.45) is 1.42. The summed E-state index contributed by atoms with van der Waals surface area (Å²) in [7, 11) is 4.07. The Hall–Kier alpha value is -2.95. The molecule has 0 fully saturated rings. The fourth-order valence-corrected chi connectivity index (χ4v) is 4.86. The monoisotopic (exact) mass is 404 g/mol. The van der Waals surface area contributed by atoms with Crippen LogP contribution in [-0.2, 0) is 4.79 Å². The molecule has 0 bridgehead atoms. The number of rotatable bonds is 2. The van der Waals surface area contributed by atoms with E-state index in [-0.39, 0.29) is 17.1 Å². The second kappa shape index (κ2) is 6.79. The Morgan fingerprint density at radius 1 is 1.00 bits per heavy atom. The van der Waals surface area contributed by atoms with E-state index in [2.05, 4.69) is 54.4 Å². The van der Waals surface area contributed by atoms with Gasteiger partial charge in [-0.3, -0.25) is 4.79 Å². The van der Waals surface area contributed by atoms with E-state index in [1.54, 1.807) is 0 Å². The third-order valence-electron chi connectivity index (χ3n) is 6.26. The molecule has 0 radical (unpaired) electrons. The van der Waals surface area contributed by atoms with Gasteiger partial charge in [0.25, 0.3) is 0 Å². The van der Waals surface area contributed by atoms with Crippen LogP contribution in [0, 0.1) is 5.41 Å². The normalized spacial score (nSPS) is 21.5. The van der Waals surface area contributed by atoms with Crippen LogP contribution in [0.15, 0.2) is 47.7 Å². The average molecular weight is 405 g/mol. The molecule has 2 aromatic rings. The maximum Gasteiger partial charge on any atom is 0.163 e. The number of benzene rings is 2. The van der Waals surface area contributed by atoms with E-state index in [0.717, 1.165) is 51.7 Å². The number of carbonyl (C=O) groups is 1. The molecule has 1 N–H and O–H groups in total. The molecule has 2 aromatic carbocycles. The number of fused-ring (bicyclic) bond motifs is 2. The summed E-state index contributed by atoms with van der Waals surface area (Å²) >= 11 is 0. The van der Waals surface area contributed by atoms with Crippen molar-refractivity contribution < 1.29 is 14.3 Å². The zero-order valence-corrected chi connectivity index (χ0v) is 18.0. The van der Waals surface area contributed by atoms with Crippen molar-refractivity contribution in [2.45, 2.75) is 32.6 Å². The minimum Gasteiger partial charge on any atom is -0.486 e. The second-order valence-electron chi connectivity index (χ2n) is 9.46. The fourth-order valence-electron chi connectivity index (χ4n) is 4.86. The standard InChI is InChI=1S/C25H28N2O3/c1-25(2)13-19-24(20(28)14-25)23(15-5-7-16(8-6-15)27(3)4)17-11-21-22(12-18(17)26-19)30-10-9-29-21/h5-8,11-12,23,26H,9-10,13-14H2,1-4H3/t23-/m1/s1. The molecule has 2 aliphatic heterocycles. The molecule has 0 unspecified atom stereocenters. The minimum atomic E-state index is -0.105. The van der Waals surface area contributed by atoms with Crippen molar-refractivity contribution in [1.29, 1.82) is 0 Å². The van der Waals surface area contributed by atoms with Crippen LogP contribution >= 0.6 is 0 Å². The van der Waals surface area contributed by atoms with Crippen molar-refractivity contribution in [3.63, 3.8) is 0 Å². The van der Waals surface area contributed by atoms with Crippen molar-refractivity contribution in [3.8, 4) is 11.5 Å². The lowest BCUT2D eigenvalue weighted by Gasteiger charge is -2.40. The Labute approximate surface area is 177 Å². The molecule has 0 saturated carbocycles. The Bertz CT molecular complexity index is 1050. The first-order chi connectivity index (χ1) is 14.3. The van der Waals surface area contributed by atoms with Gasteiger partial charge in [-0.05, 0) is 41.2 Å². The van der Waals surface area contributed by atoms with Crippen LogP contribution in [0.4, 0.5) is 11.4 Å². The van der Waals surface area contributed by atoms with E-state index < -0.39 is 0 Å². The van der Waals surface area contributed by atoms with Crippen molar-refractivity contribution in [2.24, 2.45) is 5.41 Å². The van der Waals surface area contributed by atoms with Gasteiger partial charge in [0.05, 0.1) is 0 Å². The number of anilines is 2. The summed E-state index contributed by atoms with van der Waals surface area (Å²) in [5.74, 6) is 1.65. The van der Waals surface area contributed by atoms with Gasteiger partial charge in [0.1, 0.15) is 13.2 Å². The van der Waals surface area contributed by atoms with Crippen LogP contribution in [0.2, 0.25) is 0 Å². The van der Waals surface area contributed by atoms with Crippen LogP contribution in [0.25, 0.3) is 0 Å². The first-order valence-corrected chi connectivity index (χ1v) is 10.6. The molecule has 1 aliphatic carbocycles. The largest absolute Gasteiger partial charge is 0.486 e. The Morgan fingerprint density at radius 3 is 2.33 bits per heavy atom. The van der Waals surface area contributed by atoms with Crippen molar-refractivity contribution in [3.05, 3.63) is 58.8 Å². The summed E-state index contributed by atoms with van der Waals surface area (Å²) in [6.45, 7) is 5.43. The summed E-state index contributed by atoms with van der Waals surface area (Å²) in [6, 6.07) is 12.6. The molecular formula is C25H28N2O3. The molecule has 30 heavy (non-hydrogen) atoms. The van der Waals surface area contributed by atoms with E-state index in [1.807, 2.05) is 20.2 Å².